The van der Waals surface area contributed by atoms with Crippen LogP contribution in [0.2, 0.25) is 10.0 Å². The summed E-state index contributed by atoms with van der Waals surface area (Å²) >= 11 is 11.5. The van der Waals surface area contributed by atoms with E-state index in [1.165, 1.54) is 6.92 Å². The summed E-state index contributed by atoms with van der Waals surface area (Å²) < 4.78 is 38.5. The summed E-state index contributed by atoms with van der Waals surface area (Å²) in [5.74, 6) is 0. The number of nitriles is 2. The largest absolute Gasteiger partial charge is 0.416 e. The lowest BCUT2D eigenvalue weighted by molar-refractivity contribution is -0.138. The Hall–Kier alpha value is -1.89. The lowest BCUT2D eigenvalue weighted by atomic mass is 10.1. The summed E-state index contributed by atoms with van der Waals surface area (Å²) in [6.45, 7) is 1.21. The first-order chi connectivity index (χ1) is 9.22. The third-order valence-corrected chi connectivity index (χ3v) is 3.17. The van der Waals surface area contributed by atoms with Crippen molar-refractivity contribution in [2.24, 2.45) is 0 Å². The molecule has 0 aliphatic rings. The smallest absolute Gasteiger partial charge is 0.358 e. The van der Waals surface area contributed by atoms with Crippen molar-refractivity contribution in [2.75, 3.05) is 5.32 Å². The topological polar surface area (TPSA) is 59.6 Å². The quantitative estimate of drug-likeness (QED) is 0.806. The fourth-order valence-corrected chi connectivity index (χ4v) is 1.87. The predicted octanol–water partition coefficient (Wildman–Crippen LogP) is 4.66. The zero-order chi connectivity index (χ0) is 15.5. The summed E-state index contributed by atoms with van der Waals surface area (Å²) in [5, 5.41) is 19.1. The number of hydrogen-bond donors (Lipinski definition) is 1. The number of rotatable bonds is 2. The van der Waals surface area contributed by atoms with Gasteiger partial charge in [0.15, 0.2) is 0 Å². The molecule has 0 unspecified atom stereocenters. The molecular weight excluding hydrogens is 314 g/mol. The average molecular weight is 320 g/mol. The average Bonchev–Trinajstić information content (AvgIpc) is 2.37. The Balaban J connectivity index is 3.41. The molecule has 0 atom stereocenters. The Bertz CT molecular complexity index is 636. The molecule has 0 amide bonds. The lowest BCUT2D eigenvalue weighted by Crippen LogP contribution is -2.09. The minimum Gasteiger partial charge on any atom is -0.358 e. The van der Waals surface area contributed by atoms with Crippen molar-refractivity contribution in [3.63, 3.8) is 0 Å². The molecule has 0 aliphatic heterocycles. The molecule has 0 heterocycles. The van der Waals surface area contributed by atoms with Crippen molar-refractivity contribution >= 4 is 28.9 Å². The van der Waals surface area contributed by atoms with Crippen molar-refractivity contribution in [1.82, 2.24) is 0 Å². The standard InChI is InChI=1S/C12H6Cl2F3N3/c1-6-8(12(15,16)17)2-9(13)10(14)11(6)20-5-7(3-18)4-19/h2,5,20H,1H3. The van der Waals surface area contributed by atoms with E-state index in [9.17, 15) is 13.2 Å². The molecule has 0 saturated carbocycles. The minimum atomic E-state index is -4.59. The molecule has 0 aromatic heterocycles. The van der Waals surface area contributed by atoms with E-state index >= 15 is 0 Å². The number of benzene rings is 1. The number of allylic oxidation sites excluding steroid dienone is 1. The summed E-state index contributed by atoms with van der Waals surface area (Å²) in [6.07, 6.45) is -3.63. The second-order valence-corrected chi connectivity index (χ2v) is 4.43. The Labute approximate surface area is 122 Å². The van der Waals surface area contributed by atoms with Gasteiger partial charge in [-0.15, -0.1) is 0 Å². The van der Waals surface area contributed by atoms with Crippen LogP contribution in [0.15, 0.2) is 17.8 Å². The first-order valence-electron chi connectivity index (χ1n) is 5.05. The van der Waals surface area contributed by atoms with Gasteiger partial charge in [-0.25, -0.2) is 0 Å². The summed E-state index contributed by atoms with van der Waals surface area (Å²) in [4.78, 5) is 0. The van der Waals surface area contributed by atoms with Crippen LogP contribution in [0.3, 0.4) is 0 Å². The van der Waals surface area contributed by atoms with Gasteiger partial charge < -0.3 is 5.32 Å². The van der Waals surface area contributed by atoms with Gasteiger partial charge in [-0.3, -0.25) is 0 Å². The predicted molar refractivity (Wildman–Crippen MR) is 69.1 cm³/mol. The Morgan fingerprint density at radius 1 is 1.30 bits per heavy atom. The highest BCUT2D eigenvalue weighted by Crippen LogP contribution is 2.41. The van der Waals surface area contributed by atoms with Gasteiger partial charge in [0.05, 0.1) is 21.3 Å². The maximum atomic E-state index is 12.8. The normalized spacial score (nSPS) is 10.4. The molecule has 20 heavy (non-hydrogen) atoms. The lowest BCUT2D eigenvalue weighted by Gasteiger charge is -2.16. The van der Waals surface area contributed by atoms with E-state index in [-0.39, 0.29) is 26.9 Å². The molecule has 0 fully saturated rings. The summed E-state index contributed by atoms with van der Waals surface area (Å²) in [7, 11) is 0. The fraction of sp³-hybridized carbons (Fsp3) is 0.167. The third kappa shape index (κ3) is 3.36. The Morgan fingerprint density at radius 2 is 1.85 bits per heavy atom. The third-order valence-electron chi connectivity index (χ3n) is 2.39. The molecule has 1 N–H and O–H groups in total. The van der Waals surface area contributed by atoms with Crippen LogP contribution in [-0.2, 0) is 6.18 Å². The van der Waals surface area contributed by atoms with Crippen molar-refractivity contribution < 1.29 is 13.2 Å². The first kappa shape index (κ1) is 16.2. The molecular formula is C12H6Cl2F3N3. The zero-order valence-electron chi connectivity index (χ0n) is 9.94. The molecule has 1 aromatic rings. The van der Waals surface area contributed by atoms with Gasteiger partial charge in [-0.2, -0.15) is 23.7 Å². The van der Waals surface area contributed by atoms with Crippen LogP contribution in [0, 0.1) is 29.6 Å². The maximum Gasteiger partial charge on any atom is 0.416 e. The van der Waals surface area contributed by atoms with Crippen LogP contribution in [0.1, 0.15) is 11.1 Å². The van der Waals surface area contributed by atoms with Crippen LogP contribution in [0.4, 0.5) is 18.9 Å². The molecule has 1 rings (SSSR count). The van der Waals surface area contributed by atoms with Gasteiger partial charge in [-0.1, -0.05) is 23.2 Å². The van der Waals surface area contributed by atoms with Crippen molar-refractivity contribution in [3.05, 3.63) is 39.0 Å². The molecule has 0 bridgehead atoms. The SMILES string of the molecule is Cc1c(C(F)(F)F)cc(Cl)c(Cl)c1NC=C(C#N)C#N. The van der Waals surface area contributed by atoms with Gasteiger partial charge in [0.2, 0.25) is 0 Å². The Kier molecular flexibility index (Phi) is 4.88. The van der Waals surface area contributed by atoms with E-state index < -0.39 is 11.7 Å². The van der Waals surface area contributed by atoms with E-state index in [2.05, 4.69) is 5.32 Å². The highest BCUT2D eigenvalue weighted by atomic mass is 35.5. The number of nitrogens with zero attached hydrogens (tertiary/aromatic N) is 2. The van der Waals surface area contributed by atoms with E-state index in [4.69, 9.17) is 33.7 Å². The molecule has 0 saturated heterocycles. The van der Waals surface area contributed by atoms with Crippen LogP contribution in [-0.4, -0.2) is 0 Å². The second-order valence-electron chi connectivity index (χ2n) is 3.64. The van der Waals surface area contributed by atoms with Crippen molar-refractivity contribution in [1.29, 1.82) is 10.5 Å². The van der Waals surface area contributed by atoms with E-state index in [1.54, 1.807) is 12.1 Å². The van der Waals surface area contributed by atoms with Crippen LogP contribution in [0.5, 0.6) is 0 Å². The van der Waals surface area contributed by atoms with E-state index in [0.29, 0.717) is 0 Å². The van der Waals surface area contributed by atoms with Gasteiger partial charge >= 0.3 is 6.18 Å². The number of hydrogen-bond acceptors (Lipinski definition) is 3. The van der Waals surface area contributed by atoms with Crippen LogP contribution in [0.25, 0.3) is 0 Å². The maximum absolute atomic E-state index is 12.8. The number of anilines is 1. The summed E-state index contributed by atoms with van der Waals surface area (Å²) in [5.41, 5.74) is -1.54. The second kappa shape index (κ2) is 6.04. The van der Waals surface area contributed by atoms with Gasteiger partial charge in [0.25, 0.3) is 0 Å². The summed E-state index contributed by atoms with van der Waals surface area (Å²) in [6, 6.07) is 3.84. The van der Waals surface area contributed by atoms with Gasteiger partial charge in [0.1, 0.15) is 17.7 Å². The van der Waals surface area contributed by atoms with Gasteiger partial charge in [-0.05, 0) is 18.6 Å². The molecule has 1 aromatic carbocycles. The van der Waals surface area contributed by atoms with E-state index in [0.717, 1.165) is 12.3 Å². The van der Waals surface area contributed by atoms with Gasteiger partial charge in [0, 0.05) is 6.20 Å². The van der Waals surface area contributed by atoms with Crippen LogP contribution < -0.4 is 5.32 Å². The molecule has 0 spiro atoms. The molecule has 104 valence electrons. The van der Waals surface area contributed by atoms with E-state index in [1.807, 2.05) is 0 Å². The highest BCUT2D eigenvalue weighted by molar-refractivity contribution is 6.44. The molecule has 0 radical (unpaired) electrons. The zero-order valence-corrected chi connectivity index (χ0v) is 11.5. The highest BCUT2D eigenvalue weighted by Gasteiger charge is 2.34. The molecule has 3 nitrogen and oxygen atoms in total. The Morgan fingerprint density at radius 3 is 2.30 bits per heavy atom. The monoisotopic (exact) mass is 319 g/mol. The fourth-order valence-electron chi connectivity index (χ4n) is 1.42. The number of alkyl halides is 3. The molecule has 8 heteroatoms. The van der Waals surface area contributed by atoms with Crippen LogP contribution >= 0.6 is 23.2 Å². The van der Waals surface area contributed by atoms with Crippen molar-refractivity contribution in [2.45, 2.75) is 13.1 Å². The first-order valence-corrected chi connectivity index (χ1v) is 5.80. The minimum absolute atomic E-state index is 0.102. The van der Waals surface area contributed by atoms with Crippen molar-refractivity contribution in [3.8, 4) is 12.1 Å². The number of nitrogens with one attached hydrogen (secondary N) is 1. The molecule has 0 aliphatic carbocycles. The number of halogens is 5.